The number of rotatable bonds is 4. The van der Waals surface area contributed by atoms with Gasteiger partial charge < -0.3 is 15.5 Å². The highest BCUT2D eigenvalue weighted by Gasteiger charge is 2.23. The highest BCUT2D eigenvalue weighted by Crippen LogP contribution is 2.34. The number of aryl methyl sites for hydroxylation is 1. The second-order valence-electron chi connectivity index (χ2n) is 6.87. The van der Waals surface area contributed by atoms with Gasteiger partial charge in [0, 0.05) is 5.56 Å². The molecule has 4 aromatic rings. The third-order valence-electron chi connectivity index (χ3n) is 4.79. The van der Waals surface area contributed by atoms with Crippen LogP contribution in [0, 0.1) is 13.5 Å². The quantitative estimate of drug-likeness (QED) is 0.477. The number of nitrogens with two attached hydrogens (primary N) is 1. The van der Waals surface area contributed by atoms with Crippen LogP contribution in [0.15, 0.2) is 63.8 Å². The molecule has 0 aliphatic carbocycles. The van der Waals surface area contributed by atoms with E-state index >= 15 is 0 Å². The first-order valence-corrected chi connectivity index (χ1v) is 9.39. The van der Waals surface area contributed by atoms with Crippen molar-refractivity contribution in [2.75, 3.05) is 11.1 Å². The topological polar surface area (TPSA) is 98.4 Å². The molecule has 0 radical (unpaired) electrons. The summed E-state index contributed by atoms with van der Waals surface area (Å²) in [6.45, 7) is 10.9. The van der Waals surface area contributed by atoms with Gasteiger partial charge in [0.15, 0.2) is 5.43 Å². The van der Waals surface area contributed by atoms with Crippen molar-refractivity contribution < 1.29 is 4.42 Å². The van der Waals surface area contributed by atoms with Crippen molar-refractivity contribution in [1.82, 2.24) is 9.97 Å². The number of fused-ring (bicyclic) bond motifs is 1. The largest absolute Gasteiger partial charge is 0.455 e. The molecule has 4 rings (SSSR count). The smallest absolute Gasteiger partial charge is 0.268 e. The Morgan fingerprint density at radius 2 is 1.80 bits per heavy atom. The molecule has 2 heterocycles. The van der Waals surface area contributed by atoms with Gasteiger partial charge in [-0.25, -0.2) is 14.8 Å². The summed E-state index contributed by atoms with van der Waals surface area (Å²) in [5, 5.41) is 3.66. The number of nitrogen functional groups attached to an aromatic ring is 1. The van der Waals surface area contributed by atoms with Gasteiger partial charge >= 0.3 is 0 Å². The lowest BCUT2D eigenvalue weighted by Crippen LogP contribution is -2.20. The Kier molecular flexibility index (Phi) is 4.90. The Balaban J connectivity index is 1.91. The minimum Gasteiger partial charge on any atom is -0.455 e. The van der Waals surface area contributed by atoms with Crippen LogP contribution in [0.5, 0.6) is 0 Å². The molecule has 7 nitrogen and oxygen atoms in total. The summed E-state index contributed by atoms with van der Waals surface area (Å²) in [4.78, 5) is 25.2. The summed E-state index contributed by atoms with van der Waals surface area (Å²) >= 11 is 0. The molecule has 30 heavy (non-hydrogen) atoms. The second kappa shape index (κ2) is 7.68. The molecule has 1 unspecified atom stereocenters. The van der Waals surface area contributed by atoms with E-state index in [1.807, 2.05) is 43.3 Å². The predicted molar refractivity (Wildman–Crippen MR) is 117 cm³/mol. The van der Waals surface area contributed by atoms with Gasteiger partial charge in [0.1, 0.15) is 28.8 Å². The Morgan fingerprint density at radius 1 is 1.10 bits per heavy atom. The minimum absolute atomic E-state index is 0.0982. The van der Waals surface area contributed by atoms with E-state index in [2.05, 4.69) is 20.1 Å². The average Bonchev–Trinajstić information content (AvgIpc) is 2.74. The van der Waals surface area contributed by atoms with E-state index in [9.17, 15) is 4.79 Å². The first-order valence-electron chi connectivity index (χ1n) is 9.39. The predicted octanol–water partition coefficient (Wildman–Crippen LogP) is 4.86. The maximum atomic E-state index is 13.4. The molecule has 0 aliphatic rings. The maximum absolute atomic E-state index is 13.4. The van der Waals surface area contributed by atoms with Crippen LogP contribution in [0.3, 0.4) is 0 Å². The van der Waals surface area contributed by atoms with Crippen LogP contribution in [0.1, 0.15) is 24.4 Å². The van der Waals surface area contributed by atoms with Gasteiger partial charge in [-0.1, -0.05) is 42.5 Å². The summed E-state index contributed by atoms with van der Waals surface area (Å²) in [6.07, 6.45) is 0. The molecule has 0 spiro atoms. The van der Waals surface area contributed by atoms with E-state index in [4.69, 9.17) is 16.7 Å². The number of hydrogen-bond donors (Lipinski definition) is 2. The summed E-state index contributed by atoms with van der Waals surface area (Å²) in [7, 11) is 0. The molecular weight excluding hydrogens is 378 g/mol. The third kappa shape index (κ3) is 3.35. The maximum Gasteiger partial charge on any atom is 0.268 e. The van der Waals surface area contributed by atoms with Crippen molar-refractivity contribution in [1.29, 1.82) is 0 Å². The van der Waals surface area contributed by atoms with Crippen molar-refractivity contribution in [3.05, 3.63) is 87.6 Å². The van der Waals surface area contributed by atoms with Crippen LogP contribution < -0.4 is 16.5 Å². The van der Waals surface area contributed by atoms with Crippen molar-refractivity contribution in [3.8, 4) is 11.3 Å². The second-order valence-corrected chi connectivity index (χ2v) is 6.87. The van der Waals surface area contributed by atoms with Crippen LogP contribution >= 0.6 is 0 Å². The van der Waals surface area contributed by atoms with Crippen LogP contribution in [0.4, 0.5) is 17.3 Å². The van der Waals surface area contributed by atoms with Crippen molar-refractivity contribution >= 4 is 28.3 Å². The fourth-order valence-electron chi connectivity index (χ4n) is 3.43. The molecule has 2 aromatic heterocycles. The Bertz CT molecular complexity index is 1340. The first-order chi connectivity index (χ1) is 14.5. The van der Waals surface area contributed by atoms with Crippen LogP contribution in [0.2, 0.25) is 0 Å². The summed E-state index contributed by atoms with van der Waals surface area (Å²) in [5.41, 5.74) is 7.62. The van der Waals surface area contributed by atoms with E-state index in [0.29, 0.717) is 28.1 Å². The third-order valence-corrected chi connectivity index (χ3v) is 4.79. The standard InChI is InChI=1S/C23H19N5O2/c1-13(26-23-19(25-3)22(24)27-14(2)28-23)18-20(29)16-11-7-8-12-17(16)30-21(18)15-9-5-4-6-10-15/h4-13H,1-2H3,(H3,24,26,27,28). The van der Waals surface area contributed by atoms with Gasteiger partial charge in [-0.3, -0.25) is 4.79 Å². The van der Waals surface area contributed by atoms with Crippen LogP contribution in [0.25, 0.3) is 27.1 Å². The van der Waals surface area contributed by atoms with Gasteiger partial charge in [0.2, 0.25) is 0 Å². The SMILES string of the molecule is [C-]#[N+]c1c(N)nc(C)nc1NC(C)c1c(-c2ccccc2)oc2ccccc2c1=O. The average molecular weight is 397 g/mol. The zero-order valence-corrected chi connectivity index (χ0v) is 16.5. The number of benzene rings is 2. The molecule has 7 heteroatoms. The van der Waals surface area contributed by atoms with Gasteiger partial charge in [0.25, 0.3) is 5.69 Å². The van der Waals surface area contributed by atoms with Gasteiger partial charge in [-0.05, 0) is 26.0 Å². The number of aromatic nitrogens is 2. The first kappa shape index (κ1) is 19.2. The zero-order valence-electron chi connectivity index (χ0n) is 16.5. The van der Waals surface area contributed by atoms with Gasteiger partial charge in [-0.15, -0.1) is 0 Å². The summed E-state index contributed by atoms with van der Waals surface area (Å²) in [5.74, 6) is 1.29. The summed E-state index contributed by atoms with van der Waals surface area (Å²) in [6, 6.07) is 16.1. The lowest BCUT2D eigenvalue weighted by atomic mass is 9.99. The molecule has 0 saturated carbocycles. The van der Waals surface area contributed by atoms with Crippen molar-refractivity contribution in [2.24, 2.45) is 0 Å². The fraction of sp³-hybridized carbons (Fsp3) is 0.130. The Hall–Kier alpha value is -4.18. The molecule has 0 fully saturated rings. The Labute approximate surface area is 173 Å². The molecule has 0 aliphatic heterocycles. The van der Waals surface area contributed by atoms with E-state index in [1.165, 1.54) is 0 Å². The molecule has 3 N–H and O–H groups in total. The number of hydrogen-bond acceptors (Lipinski definition) is 6. The normalized spacial score (nSPS) is 11.8. The monoisotopic (exact) mass is 397 g/mol. The number of nitrogens with zero attached hydrogens (tertiary/aromatic N) is 3. The number of nitrogens with one attached hydrogen (secondary N) is 1. The van der Waals surface area contributed by atoms with Gasteiger partial charge in [0.05, 0.1) is 23.6 Å². The Morgan fingerprint density at radius 3 is 2.53 bits per heavy atom. The molecule has 0 amide bonds. The van der Waals surface area contributed by atoms with Crippen molar-refractivity contribution in [3.63, 3.8) is 0 Å². The number of para-hydroxylation sites is 1. The van der Waals surface area contributed by atoms with E-state index in [-0.39, 0.29) is 22.8 Å². The lowest BCUT2D eigenvalue weighted by Gasteiger charge is -2.19. The molecule has 0 bridgehead atoms. The highest BCUT2D eigenvalue weighted by molar-refractivity contribution is 5.81. The van der Waals surface area contributed by atoms with Crippen LogP contribution in [-0.4, -0.2) is 9.97 Å². The van der Waals surface area contributed by atoms with E-state index in [1.54, 1.807) is 25.1 Å². The molecule has 2 aromatic carbocycles. The van der Waals surface area contributed by atoms with Crippen LogP contribution in [-0.2, 0) is 0 Å². The molecule has 148 valence electrons. The highest BCUT2D eigenvalue weighted by atomic mass is 16.3. The zero-order chi connectivity index (χ0) is 21.3. The van der Waals surface area contributed by atoms with Gasteiger partial charge in [-0.2, -0.15) is 0 Å². The van der Waals surface area contributed by atoms with E-state index < -0.39 is 6.04 Å². The fourth-order valence-corrected chi connectivity index (χ4v) is 3.43. The minimum atomic E-state index is -0.504. The summed E-state index contributed by atoms with van der Waals surface area (Å²) < 4.78 is 6.16. The molecule has 0 saturated heterocycles. The molecular formula is C23H19N5O2. The number of anilines is 2. The van der Waals surface area contributed by atoms with E-state index in [0.717, 1.165) is 5.56 Å². The van der Waals surface area contributed by atoms with Crippen molar-refractivity contribution in [2.45, 2.75) is 19.9 Å². The molecule has 1 atom stereocenters. The lowest BCUT2D eigenvalue weighted by molar-refractivity contribution is 0.604.